The molecule has 8 nitrogen and oxygen atoms in total. The molecular weight excluding hydrogens is 404 g/mol. The predicted molar refractivity (Wildman–Crippen MR) is 121 cm³/mol. The minimum absolute atomic E-state index is 0.133. The van der Waals surface area contributed by atoms with Gasteiger partial charge in [0.05, 0.1) is 6.61 Å². The van der Waals surface area contributed by atoms with E-state index in [0.717, 1.165) is 19.8 Å². The Kier molecular flexibility index (Phi) is 31.0. The number of hydrogen-bond donors (Lipinski definition) is 4. The third-order valence-electron chi connectivity index (χ3n) is 4.18. The number of carboxylic acids is 2. The molecule has 0 saturated heterocycles. The highest BCUT2D eigenvalue weighted by Crippen LogP contribution is 2.12. The van der Waals surface area contributed by atoms with E-state index in [-0.39, 0.29) is 13.2 Å². The summed E-state index contributed by atoms with van der Waals surface area (Å²) < 4.78 is 4.35. The summed E-state index contributed by atoms with van der Waals surface area (Å²) in [5.74, 6) is -1.94. The van der Waals surface area contributed by atoms with Crippen molar-refractivity contribution in [3.05, 3.63) is 0 Å². The summed E-state index contributed by atoms with van der Waals surface area (Å²) in [7, 11) is 0. The lowest BCUT2D eigenvalue weighted by Crippen LogP contribution is -2.20. The number of rotatable bonds is 17. The Morgan fingerprint density at radius 1 is 0.742 bits per heavy atom. The van der Waals surface area contributed by atoms with Crippen LogP contribution in [-0.2, 0) is 19.1 Å². The Morgan fingerprint density at radius 3 is 1.39 bits per heavy atom. The molecule has 0 saturated carbocycles. The zero-order valence-corrected chi connectivity index (χ0v) is 19.8. The molecule has 0 rings (SSSR count). The standard InChI is InChI=1S/C16H32O2.C5H10O4.C2H4O2/c1-2-3-4-5-6-7-8-9-10-11-12-13-14-15-16(17)18;1-4(7)9-3-5(8)2-6;1-2(3)4/h2-15H2,1H3,(H,17,18);5-6,8H,2-3H2,1H3;1H3,(H,3,4). The van der Waals surface area contributed by atoms with Gasteiger partial charge in [0.25, 0.3) is 5.97 Å². The summed E-state index contributed by atoms with van der Waals surface area (Å²) in [6, 6.07) is 0. The smallest absolute Gasteiger partial charge is 0.303 e. The van der Waals surface area contributed by atoms with Crippen molar-refractivity contribution in [2.75, 3.05) is 13.2 Å². The maximum absolute atomic E-state index is 10.3. The fourth-order valence-corrected chi connectivity index (χ4v) is 2.56. The lowest BCUT2D eigenvalue weighted by molar-refractivity contribution is -0.144. The van der Waals surface area contributed by atoms with E-state index in [0.29, 0.717) is 6.42 Å². The van der Waals surface area contributed by atoms with Crippen LogP contribution in [0.1, 0.15) is 111 Å². The molecule has 0 aliphatic heterocycles. The molecule has 0 aromatic rings. The quantitative estimate of drug-likeness (QED) is 0.187. The van der Waals surface area contributed by atoms with Gasteiger partial charge >= 0.3 is 11.9 Å². The van der Waals surface area contributed by atoms with Crippen molar-refractivity contribution in [3.8, 4) is 0 Å². The monoisotopic (exact) mass is 450 g/mol. The Bertz CT molecular complexity index is 408. The molecule has 4 N–H and O–H groups in total. The number of aliphatic hydroxyl groups is 2. The molecule has 1 atom stereocenters. The largest absolute Gasteiger partial charge is 0.481 e. The molecule has 0 radical (unpaired) electrons. The van der Waals surface area contributed by atoms with Gasteiger partial charge in [0.15, 0.2) is 0 Å². The molecule has 0 aliphatic carbocycles. The van der Waals surface area contributed by atoms with Crippen LogP contribution in [0.5, 0.6) is 0 Å². The molecule has 0 amide bonds. The molecule has 0 spiro atoms. The summed E-state index contributed by atoms with van der Waals surface area (Å²) in [5.41, 5.74) is 0. The van der Waals surface area contributed by atoms with Gasteiger partial charge in [0.2, 0.25) is 0 Å². The van der Waals surface area contributed by atoms with Gasteiger partial charge in [-0.05, 0) is 6.42 Å². The average Bonchev–Trinajstić information content (AvgIpc) is 2.69. The SMILES string of the molecule is CC(=O)O.CC(=O)OCC(O)CO.CCCCCCCCCCCCCCCC(=O)O. The zero-order chi connectivity index (χ0) is 24.3. The van der Waals surface area contributed by atoms with Crippen LogP contribution in [0.3, 0.4) is 0 Å². The van der Waals surface area contributed by atoms with E-state index in [2.05, 4.69) is 11.7 Å². The highest BCUT2D eigenvalue weighted by atomic mass is 16.5. The van der Waals surface area contributed by atoms with E-state index in [1.54, 1.807) is 0 Å². The molecule has 0 aromatic carbocycles. The molecule has 0 aromatic heterocycles. The third-order valence-corrected chi connectivity index (χ3v) is 4.18. The van der Waals surface area contributed by atoms with E-state index < -0.39 is 24.0 Å². The summed E-state index contributed by atoms with van der Waals surface area (Å²) in [5, 5.41) is 32.7. The second-order valence-electron chi connectivity index (χ2n) is 7.54. The number of ether oxygens (including phenoxy) is 1. The maximum atomic E-state index is 10.3. The van der Waals surface area contributed by atoms with Crippen LogP contribution < -0.4 is 0 Å². The second-order valence-corrected chi connectivity index (χ2v) is 7.54. The number of carboxylic acid groups (broad SMARTS) is 2. The van der Waals surface area contributed by atoms with E-state index in [1.807, 2.05) is 0 Å². The first-order valence-electron chi connectivity index (χ1n) is 11.5. The third kappa shape index (κ3) is 47.5. The highest BCUT2D eigenvalue weighted by Gasteiger charge is 2.02. The van der Waals surface area contributed by atoms with E-state index >= 15 is 0 Å². The Labute approximate surface area is 188 Å². The van der Waals surface area contributed by atoms with Crippen LogP contribution >= 0.6 is 0 Å². The Morgan fingerprint density at radius 2 is 1.10 bits per heavy atom. The maximum Gasteiger partial charge on any atom is 0.303 e. The number of carbonyl (C=O) groups excluding carboxylic acids is 1. The first-order valence-corrected chi connectivity index (χ1v) is 11.5. The van der Waals surface area contributed by atoms with Crippen molar-refractivity contribution in [3.63, 3.8) is 0 Å². The van der Waals surface area contributed by atoms with Crippen molar-refractivity contribution < 1.29 is 39.5 Å². The molecular formula is C23H46O8. The molecule has 186 valence electrons. The van der Waals surface area contributed by atoms with Crippen molar-refractivity contribution in [1.82, 2.24) is 0 Å². The molecule has 1 unspecified atom stereocenters. The van der Waals surface area contributed by atoms with Crippen LogP contribution in [0.25, 0.3) is 0 Å². The lowest BCUT2D eigenvalue weighted by atomic mass is 10.0. The summed E-state index contributed by atoms with van der Waals surface area (Å²) >= 11 is 0. The first kappa shape index (κ1) is 34.0. The van der Waals surface area contributed by atoms with Crippen LogP contribution in [-0.4, -0.2) is 57.7 Å². The van der Waals surface area contributed by atoms with Gasteiger partial charge in [-0.2, -0.15) is 0 Å². The Hall–Kier alpha value is -1.67. The number of esters is 1. The zero-order valence-electron chi connectivity index (χ0n) is 19.8. The van der Waals surface area contributed by atoms with E-state index in [4.69, 9.17) is 25.2 Å². The number of unbranched alkanes of at least 4 members (excludes halogenated alkanes) is 12. The summed E-state index contributed by atoms with van der Waals surface area (Å²) in [4.78, 5) is 29.3. The normalized spacial score (nSPS) is 10.7. The summed E-state index contributed by atoms with van der Waals surface area (Å²) in [6.07, 6.45) is 16.3. The van der Waals surface area contributed by atoms with Gasteiger partial charge in [-0.15, -0.1) is 0 Å². The minimum Gasteiger partial charge on any atom is -0.481 e. The Balaban J connectivity index is -0.000000499. The fourth-order valence-electron chi connectivity index (χ4n) is 2.56. The van der Waals surface area contributed by atoms with E-state index in [1.165, 1.54) is 77.6 Å². The molecule has 0 fully saturated rings. The van der Waals surface area contributed by atoms with Gasteiger partial charge in [0.1, 0.15) is 12.7 Å². The average molecular weight is 451 g/mol. The summed E-state index contributed by atoms with van der Waals surface area (Å²) in [6.45, 7) is 4.07. The molecule has 0 heterocycles. The predicted octanol–water partition coefficient (Wildman–Crippen LogP) is 4.55. The van der Waals surface area contributed by atoms with Gasteiger partial charge in [0, 0.05) is 20.3 Å². The molecule has 31 heavy (non-hydrogen) atoms. The van der Waals surface area contributed by atoms with Crippen molar-refractivity contribution in [1.29, 1.82) is 0 Å². The highest BCUT2D eigenvalue weighted by molar-refractivity contribution is 5.66. The van der Waals surface area contributed by atoms with Crippen molar-refractivity contribution in [2.45, 2.75) is 117 Å². The number of aliphatic hydroxyl groups excluding tert-OH is 2. The topological polar surface area (TPSA) is 141 Å². The number of carbonyl (C=O) groups is 3. The lowest BCUT2D eigenvalue weighted by Gasteiger charge is -2.05. The first-order chi connectivity index (χ1) is 14.7. The van der Waals surface area contributed by atoms with Gasteiger partial charge in [-0.1, -0.05) is 84.0 Å². The van der Waals surface area contributed by atoms with Crippen molar-refractivity contribution >= 4 is 17.9 Å². The molecule has 0 aliphatic rings. The van der Waals surface area contributed by atoms with Gasteiger partial charge < -0.3 is 25.2 Å². The van der Waals surface area contributed by atoms with Gasteiger partial charge in [-0.25, -0.2) is 0 Å². The van der Waals surface area contributed by atoms with Crippen LogP contribution in [0.15, 0.2) is 0 Å². The van der Waals surface area contributed by atoms with Crippen molar-refractivity contribution in [2.24, 2.45) is 0 Å². The number of hydrogen-bond acceptors (Lipinski definition) is 6. The molecule has 8 heteroatoms. The van der Waals surface area contributed by atoms with Crippen LogP contribution in [0, 0.1) is 0 Å². The minimum atomic E-state index is -0.950. The molecule has 0 bridgehead atoms. The van der Waals surface area contributed by atoms with E-state index in [9.17, 15) is 9.59 Å². The van der Waals surface area contributed by atoms with Gasteiger partial charge in [-0.3, -0.25) is 14.4 Å². The second kappa shape index (κ2) is 28.3. The van der Waals surface area contributed by atoms with Crippen LogP contribution in [0.4, 0.5) is 0 Å². The number of aliphatic carboxylic acids is 2. The fraction of sp³-hybridized carbons (Fsp3) is 0.870. The van der Waals surface area contributed by atoms with Crippen LogP contribution in [0.2, 0.25) is 0 Å².